The zero-order valence-corrected chi connectivity index (χ0v) is 6.70. The van der Waals surface area contributed by atoms with Crippen molar-refractivity contribution in [3.8, 4) is 0 Å². The van der Waals surface area contributed by atoms with Crippen molar-refractivity contribution >= 4 is 17.7 Å². The second kappa shape index (κ2) is 2.92. The van der Waals surface area contributed by atoms with E-state index in [4.69, 9.17) is 0 Å². The zero-order chi connectivity index (χ0) is 9.30. The fraction of sp³-hybridized carbons (Fsp3) is 0.571. The van der Waals surface area contributed by atoms with Gasteiger partial charge in [0.15, 0.2) is 11.9 Å². The molecule has 0 aliphatic carbocycles. The molecule has 0 aromatic heterocycles. The first kappa shape index (κ1) is 8.70. The number of ether oxygens (including phenoxy) is 2. The van der Waals surface area contributed by atoms with Crippen LogP contribution in [0, 0.1) is 5.92 Å². The van der Waals surface area contributed by atoms with Crippen LogP contribution < -0.4 is 0 Å². The standard InChI is InChI=1S/C7H8O5/c1-3-5(8)4(6(9)11-2)7(10)12-3/h3-4H,1-2H3/t3-,4?/m0/s1. The molecule has 2 atom stereocenters. The molecule has 0 bridgehead atoms. The lowest BCUT2D eigenvalue weighted by Crippen LogP contribution is -2.28. The molecule has 0 aromatic carbocycles. The van der Waals surface area contributed by atoms with Crippen molar-refractivity contribution in [3.63, 3.8) is 0 Å². The van der Waals surface area contributed by atoms with Crippen molar-refractivity contribution in [1.82, 2.24) is 0 Å². The number of rotatable bonds is 1. The molecule has 0 spiro atoms. The monoisotopic (exact) mass is 172 g/mol. The fourth-order valence-corrected chi connectivity index (χ4v) is 0.981. The van der Waals surface area contributed by atoms with Crippen LogP contribution in [0.3, 0.4) is 0 Å². The highest BCUT2D eigenvalue weighted by atomic mass is 16.6. The number of carbonyl (C=O) groups excluding carboxylic acids is 3. The molecule has 5 nitrogen and oxygen atoms in total. The largest absolute Gasteiger partial charge is 0.468 e. The molecule has 66 valence electrons. The molecule has 1 aliphatic heterocycles. The van der Waals surface area contributed by atoms with Crippen molar-refractivity contribution in [2.75, 3.05) is 7.11 Å². The molecule has 1 fully saturated rings. The number of cyclic esters (lactones) is 1. The molecule has 1 aliphatic rings. The van der Waals surface area contributed by atoms with E-state index in [9.17, 15) is 14.4 Å². The number of hydrogen-bond acceptors (Lipinski definition) is 5. The van der Waals surface area contributed by atoms with E-state index in [1.54, 1.807) is 0 Å². The lowest BCUT2D eigenvalue weighted by atomic mass is 10.0. The summed E-state index contributed by atoms with van der Waals surface area (Å²) in [7, 11) is 1.12. The maximum atomic E-state index is 11.1. The Hall–Kier alpha value is -1.39. The van der Waals surface area contributed by atoms with Crippen LogP contribution in [0.25, 0.3) is 0 Å². The van der Waals surface area contributed by atoms with Gasteiger partial charge >= 0.3 is 11.9 Å². The zero-order valence-electron chi connectivity index (χ0n) is 6.70. The van der Waals surface area contributed by atoms with Crippen LogP contribution >= 0.6 is 0 Å². The van der Waals surface area contributed by atoms with E-state index in [2.05, 4.69) is 9.47 Å². The number of carbonyl (C=O) groups is 3. The molecular weight excluding hydrogens is 164 g/mol. The Morgan fingerprint density at radius 1 is 1.50 bits per heavy atom. The van der Waals surface area contributed by atoms with Crippen molar-refractivity contribution in [3.05, 3.63) is 0 Å². The number of methoxy groups -OCH3 is 1. The van der Waals surface area contributed by atoms with Crippen LogP contribution in [-0.2, 0) is 23.9 Å². The molecule has 1 unspecified atom stereocenters. The summed E-state index contributed by atoms with van der Waals surface area (Å²) in [6, 6.07) is 0. The highest BCUT2D eigenvalue weighted by Crippen LogP contribution is 2.17. The smallest absolute Gasteiger partial charge is 0.328 e. The van der Waals surface area contributed by atoms with Gasteiger partial charge in [0.25, 0.3) is 0 Å². The number of ketones is 1. The van der Waals surface area contributed by atoms with Crippen LogP contribution in [0.15, 0.2) is 0 Å². The van der Waals surface area contributed by atoms with E-state index < -0.39 is 29.7 Å². The summed E-state index contributed by atoms with van der Waals surface area (Å²) in [5, 5.41) is 0. The topological polar surface area (TPSA) is 69.7 Å². The minimum Gasteiger partial charge on any atom is -0.468 e. The van der Waals surface area contributed by atoms with Crippen molar-refractivity contribution in [1.29, 1.82) is 0 Å². The van der Waals surface area contributed by atoms with Crippen molar-refractivity contribution < 1.29 is 23.9 Å². The van der Waals surface area contributed by atoms with E-state index >= 15 is 0 Å². The molecule has 0 N–H and O–H groups in total. The Kier molecular flexibility index (Phi) is 2.12. The summed E-state index contributed by atoms with van der Waals surface area (Å²) < 4.78 is 8.78. The average molecular weight is 172 g/mol. The van der Waals surface area contributed by atoms with E-state index in [0.717, 1.165) is 7.11 Å². The van der Waals surface area contributed by atoms with Crippen LogP contribution in [0.5, 0.6) is 0 Å². The van der Waals surface area contributed by atoms with Crippen molar-refractivity contribution in [2.45, 2.75) is 13.0 Å². The molecule has 0 aromatic rings. The molecule has 1 heterocycles. The van der Waals surface area contributed by atoms with Gasteiger partial charge in [0.2, 0.25) is 5.92 Å². The molecule has 5 heteroatoms. The lowest BCUT2D eigenvalue weighted by Gasteiger charge is -1.99. The molecule has 0 amide bonds. The van der Waals surface area contributed by atoms with Gasteiger partial charge < -0.3 is 9.47 Å². The maximum Gasteiger partial charge on any atom is 0.328 e. The number of esters is 2. The minimum atomic E-state index is -1.37. The van der Waals surface area contributed by atoms with Crippen molar-refractivity contribution in [2.24, 2.45) is 5.92 Å². The molecular formula is C7H8O5. The molecule has 1 saturated heterocycles. The van der Waals surface area contributed by atoms with Crippen LogP contribution in [0.1, 0.15) is 6.92 Å². The summed E-state index contributed by atoms with van der Waals surface area (Å²) >= 11 is 0. The second-order valence-electron chi connectivity index (χ2n) is 2.44. The third kappa shape index (κ3) is 1.17. The van der Waals surface area contributed by atoms with Crippen LogP contribution in [0.4, 0.5) is 0 Å². The van der Waals surface area contributed by atoms with Gasteiger partial charge in [-0.15, -0.1) is 0 Å². The quantitative estimate of drug-likeness (QED) is 0.386. The predicted molar refractivity (Wildman–Crippen MR) is 36.1 cm³/mol. The third-order valence-electron chi connectivity index (χ3n) is 1.65. The van der Waals surface area contributed by atoms with Gasteiger partial charge in [-0.2, -0.15) is 0 Å². The Labute approximate surface area is 68.6 Å². The second-order valence-corrected chi connectivity index (χ2v) is 2.44. The Morgan fingerprint density at radius 2 is 2.08 bits per heavy atom. The number of hydrogen-bond donors (Lipinski definition) is 0. The highest BCUT2D eigenvalue weighted by Gasteiger charge is 2.46. The minimum absolute atomic E-state index is 0.535. The first-order chi connectivity index (χ1) is 5.57. The highest BCUT2D eigenvalue weighted by molar-refractivity contribution is 6.19. The molecule has 0 saturated carbocycles. The maximum absolute atomic E-state index is 11.1. The van der Waals surface area contributed by atoms with E-state index in [0.29, 0.717) is 0 Å². The Morgan fingerprint density at radius 3 is 2.42 bits per heavy atom. The van der Waals surface area contributed by atoms with Crippen LogP contribution in [0.2, 0.25) is 0 Å². The van der Waals surface area contributed by atoms with Gasteiger partial charge in [0.05, 0.1) is 7.11 Å². The summed E-state index contributed by atoms with van der Waals surface area (Å²) in [5.41, 5.74) is 0. The van der Waals surface area contributed by atoms with Gasteiger partial charge in [0.1, 0.15) is 0 Å². The third-order valence-corrected chi connectivity index (χ3v) is 1.65. The van der Waals surface area contributed by atoms with Gasteiger partial charge in [-0.1, -0.05) is 0 Å². The van der Waals surface area contributed by atoms with Gasteiger partial charge in [-0.25, -0.2) is 0 Å². The molecule has 1 rings (SSSR count). The van der Waals surface area contributed by atoms with E-state index in [-0.39, 0.29) is 0 Å². The molecule has 0 radical (unpaired) electrons. The fourth-order valence-electron chi connectivity index (χ4n) is 0.981. The first-order valence-corrected chi connectivity index (χ1v) is 3.40. The number of Topliss-reactive ketones (excluding diaryl/α,β-unsaturated/α-hetero) is 1. The predicted octanol–water partition coefficient (Wildman–Crippen LogP) is -0.710. The van der Waals surface area contributed by atoms with Gasteiger partial charge in [-0.3, -0.25) is 14.4 Å². The first-order valence-electron chi connectivity index (χ1n) is 3.40. The summed E-state index contributed by atoms with van der Waals surface area (Å²) in [4.78, 5) is 32.8. The van der Waals surface area contributed by atoms with E-state index in [1.165, 1.54) is 6.92 Å². The summed E-state index contributed by atoms with van der Waals surface area (Å²) in [5.74, 6) is -3.58. The lowest BCUT2D eigenvalue weighted by molar-refractivity contribution is -0.155. The normalized spacial score (nSPS) is 28.5. The summed E-state index contributed by atoms with van der Waals surface area (Å²) in [6.07, 6.45) is -0.832. The van der Waals surface area contributed by atoms with Gasteiger partial charge in [0, 0.05) is 0 Å². The van der Waals surface area contributed by atoms with Crippen LogP contribution in [-0.4, -0.2) is 30.9 Å². The van der Waals surface area contributed by atoms with Gasteiger partial charge in [-0.05, 0) is 6.92 Å². The SMILES string of the molecule is COC(=O)C1C(=O)O[C@@H](C)C1=O. The summed E-state index contributed by atoms with van der Waals surface area (Å²) in [6.45, 7) is 1.42. The average Bonchev–Trinajstić information content (AvgIpc) is 2.26. The Bertz CT molecular complexity index is 236. The Balaban J connectivity index is 2.84. The molecule has 12 heavy (non-hydrogen) atoms. The van der Waals surface area contributed by atoms with E-state index in [1.807, 2.05) is 0 Å².